The summed E-state index contributed by atoms with van der Waals surface area (Å²) in [5.41, 5.74) is 0. The molecule has 1 aliphatic rings. The second-order valence-corrected chi connectivity index (χ2v) is 4.42. The number of amides is 2. The van der Waals surface area contributed by atoms with Crippen molar-refractivity contribution >= 4 is 17.8 Å². The number of likely N-dealkylation sites (N-methyl/N-ethyl adjacent to an activating group) is 1. The molecule has 0 atom stereocenters. The third-order valence-corrected chi connectivity index (χ3v) is 2.88. The number of rotatable bonds is 3. The van der Waals surface area contributed by atoms with Crippen LogP contribution in [-0.2, 0) is 9.59 Å². The highest BCUT2D eigenvalue weighted by molar-refractivity contribution is 5.87. The maximum atomic E-state index is 12.1. The molecule has 7 heteroatoms. The molecule has 2 heterocycles. The van der Waals surface area contributed by atoms with Gasteiger partial charge in [-0.15, -0.1) is 0 Å². The summed E-state index contributed by atoms with van der Waals surface area (Å²) in [6, 6.07) is 1.72. The van der Waals surface area contributed by atoms with Gasteiger partial charge in [0.15, 0.2) is 0 Å². The first-order valence-corrected chi connectivity index (χ1v) is 6.19. The van der Waals surface area contributed by atoms with E-state index in [9.17, 15) is 9.59 Å². The maximum absolute atomic E-state index is 12.1. The number of carbonyl (C=O) groups excluding carboxylic acids is 2. The number of carbonyl (C=O) groups is 2. The Morgan fingerprint density at radius 2 is 2.21 bits per heavy atom. The van der Waals surface area contributed by atoms with Gasteiger partial charge in [0, 0.05) is 32.5 Å². The lowest BCUT2D eigenvalue weighted by atomic mass is 10.3. The molecule has 2 amide bonds. The predicted octanol–water partition coefficient (Wildman–Crippen LogP) is -0.739. The molecule has 1 aromatic heterocycles. The molecule has 0 spiro atoms. The van der Waals surface area contributed by atoms with Crippen LogP contribution < -0.4 is 10.2 Å². The summed E-state index contributed by atoms with van der Waals surface area (Å²) >= 11 is 0. The highest BCUT2D eigenvalue weighted by atomic mass is 16.2. The summed E-state index contributed by atoms with van der Waals surface area (Å²) in [6.45, 7) is 1.51. The number of nitrogens with zero attached hydrogens (tertiary/aromatic N) is 4. The van der Waals surface area contributed by atoms with E-state index in [0.717, 1.165) is 6.42 Å². The number of aromatic nitrogens is 2. The molecule has 0 aromatic carbocycles. The molecule has 1 aromatic rings. The van der Waals surface area contributed by atoms with Crippen molar-refractivity contribution in [2.75, 3.05) is 38.1 Å². The van der Waals surface area contributed by atoms with Gasteiger partial charge in [0.1, 0.15) is 0 Å². The zero-order chi connectivity index (χ0) is 13.7. The lowest BCUT2D eigenvalue weighted by Gasteiger charge is -2.23. The third kappa shape index (κ3) is 3.64. The van der Waals surface area contributed by atoms with Crippen molar-refractivity contribution in [1.82, 2.24) is 20.2 Å². The topological polar surface area (TPSA) is 78.4 Å². The summed E-state index contributed by atoms with van der Waals surface area (Å²) in [6.07, 6.45) is 4.04. The van der Waals surface area contributed by atoms with Gasteiger partial charge in [0.25, 0.3) is 0 Å². The highest BCUT2D eigenvalue weighted by Gasteiger charge is 2.21. The van der Waals surface area contributed by atoms with Crippen molar-refractivity contribution < 1.29 is 9.59 Å². The van der Waals surface area contributed by atoms with E-state index in [4.69, 9.17) is 0 Å². The van der Waals surface area contributed by atoms with E-state index in [0.29, 0.717) is 19.0 Å². The van der Waals surface area contributed by atoms with Crippen LogP contribution in [0.2, 0.25) is 0 Å². The molecule has 0 unspecified atom stereocenters. The van der Waals surface area contributed by atoms with Crippen molar-refractivity contribution in [2.24, 2.45) is 0 Å². The fraction of sp³-hybridized carbons (Fsp3) is 0.500. The summed E-state index contributed by atoms with van der Waals surface area (Å²) < 4.78 is 0. The summed E-state index contributed by atoms with van der Waals surface area (Å²) in [5.74, 6) is 0.298. The molecule has 1 fully saturated rings. The minimum Gasteiger partial charge on any atom is -0.354 e. The fourth-order valence-corrected chi connectivity index (χ4v) is 1.88. The van der Waals surface area contributed by atoms with Crippen LogP contribution in [0.3, 0.4) is 0 Å². The first kappa shape index (κ1) is 13.3. The Morgan fingerprint density at radius 3 is 2.95 bits per heavy atom. The van der Waals surface area contributed by atoms with Crippen molar-refractivity contribution in [3.8, 4) is 0 Å². The van der Waals surface area contributed by atoms with Crippen molar-refractivity contribution in [2.45, 2.75) is 6.42 Å². The molecule has 2 rings (SSSR count). The SMILES string of the molecule is CN(CC(=O)N1CCCNC(=O)C1)c1ncccn1. The second kappa shape index (κ2) is 6.12. The number of hydrogen-bond donors (Lipinski definition) is 1. The van der Waals surface area contributed by atoms with Gasteiger partial charge in [-0.1, -0.05) is 0 Å². The minimum atomic E-state index is -0.107. The first-order valence-electron chi connectivity index (χ1n) is 6.19. The van der Waals surface area contributed by atoms with Gasteiger partial charge >= 0.3 is 0 Å². The van der Waals surface area contributed by atoms with E-state index in [1.54, 1.807) is 35.3 Å². The largest absolute Gasteiger partial charge is 0.354 e. The van der Waals surface area contributed by atoms with Crippen LogP contribution in [0.4, 0.5) is 5.95 Å². The molecular formula is C12H17N5O2. The average Bonchev–Trinajstić information content (AvgIpc) is 2.64. The highest BCUT2D eigenvalue weighted by Crippen LogP contribution is 2.04. The van der Waals surface area contributed by atoms with Crippen LogP contribution in [0.5, 0.6) is 0 Å². The van der Waals surface area contributed by atoms with Crippen LogP contribution in [0.25, 0.3) is 0 Å². The lowest BCUT2D eigenvalue weighted by Crippen LogP contribution is -2.42. The van der Waals surface area contributed by atoms with Crippen LogP contribution >= 0.6 is 0 Å². The monoisotopic (exact) mass is 263 g/mol. The van der Waals surface area contributed by atoms with E-state index in [1.165, 1.54) is 0 Å². The van der Waals surface area contributed by atoms with Gasteiger partial charge in [-0.05, 0) is 12.5 Å². The average molecular weight is 263 g/mol. The molecule has 0 radical (unpaired) electrons. The quantitative estimate of drug-likeness (QED) is 0.777. The fourth-order valence-electron chi connectivity index (χ4n) is 1.88. The predicted molar refractivity (Wildman–Crippen MR) is 69.5 cm³/mol. The van der Waals surface area contributed by atoms with Gasteiger partial charge in [0.2, 0.25) is 17.8 Å². The number of nitrogens with one attached hydrogen (secondary N) is 1. The Kier molecular flexibility index (Phi) is 4.27. The van der Waals surface area contributed by atoms with Crippen LogP contribution in [0, 0.1) is 0 Å². The van der Waals surface area contributed by atoms with Crippen LogP contribution in [0.15, 0.2) is 18.5 Å². The normalized spacial score (nSPS) is 15.6. The molecule has 19 heavy (non-hydrogen) atoms. The van der Waals surface area contributed by atoms with Gasteiger partial charge in [0.05, 0.1) is 13.1 Å². The van der Waals surface area contributed by atoms with Gasteiger partial charge in [-0.25, -0.2) is 9.97 Å². The lowest BCUT2D eigenvalue weighted by molar-refractivity contribution is -0.134. The standard InChI is InChI=1S/C12H17N5O2/c1-16(12-14-4-2-5-15-12)9-11(19)17-7-3-6-13-10(18)8-17/h2,4-5H,3,6-9H2,1H3,(H,13,18). The van der Waals surface area contributed by atoms with Gasteiger partial charge in [-0.3, -0.25) is 9.59 Å². The maximum Gasteiger partial charge on any atom is 0.242 e. The van der Waals surface area contributed by atoms with E-state index >= 15 is 0 Å². The van der Waals surface area contributed by atoms with Crippen LogP contribution in [0.1, 0.15) is 6.42 Å². The number of anilines is 1. The van der Waals surface area contributed by atoms with E-state index < -0.39 is 0 Å². The zero-order valence-corrected chi connectivity index (χ0v) is 10.9. The molecule has 1 N–H and O–H groups in total. The van der Waals surface area contributed by atoms with E-state index in [2.05, 4.69) is 15.3 Å². The van der Waals surface area contributed by atoms with Crippen LogP contribution in [-0.4, -0.2) is 59.9 Å². The molecule has 1 aliphatic heterocycles. The Morgan fingerprint density at radius 1 is 1.47 bits per heavy atom. The smallest absolute Gasteiger partial charge is 0.242 e. The Balaban J connectivity index is 1.94. The van der Waals surface area contributed by atoms with Crippen molar-refractivity contribution in [1.29, 1.82) is 0 Å². The molecule has 0 bridgehead atoms. The first-order chi connectivity index (χ1) is 9.16. The molecule has 102 valence electrons. The Bertz CT molecular complexity index is 451. The molecule has 0 saturated carbocycles. The van der Waals surface area contributed by atoms with Crippen molar-refractivity contribution in [3.05, 3.63) is 18.5 Å². The summed E-state index contributed by atoms with van der Waals surface area (Å²) in [5, 5.41) is 2.74. The molecule has 1 saturated heterocycles. The molecule has 7 nitrogen and oxygen atoms in total. The molecular weight excluding hydrogens is 246 g/mol. The van der Waals surface area contributed by atoms with E-state index in [1.807, 2.05) is 0 Å². The Hall–Kier alpha value is -2.18. The Labute approximate surface area is 111 Å². The zero-order valence-electron chi connectivity index (χ0n) is 10.9. The van der Waals surface area contributed by atoms with E-state index in [-0.39, 0.29) is 24.9 Å². The van der Waals surface area contributed by atoms with Crippen molar-refractivity contribution in [3.63, 3.8) is 0 Å². The second-order valence-electron chi connectivity index (χ2n) is 4.42. The number of hydrogen-bond acceptors (Lipinski definition) is 5. The third-order valence-electron chi connectivity index (χ3n) is 2.88. The summed E-state index contributed by atoms with van der Waals surface area (Å²) in [7, 11) is 1.76. The van der Waals surface area contributed by atoms with Gasteiger partial charge in [-0.2, -0.15) is 0 Å². The summed E-state index contributed by atoms with van der Waals surface area (Å²) in [4.78, 5) is 34.9. The van der Waals surface area contributed by atoms with Gasteiger partial charge < -0.3 is 15.1 Å². The molecule has 0 aliphatic carbocycles. The minimum absolute atomic E-state index is 0.0907.